The molecule has 0 atom stereocenters. The summed E-state index contributed by atoms with van der Waals surface area (Å²) in [5.74, 6) is -1.22. The van der Waals surface area contributed by atoms with Crippen LogP contribution in [0.5, 0.6) is 0 Å². The van der Waals surface area contributed by atoms with Gasteiger partial charge >= 0.3 is 5.97 Å². The average molecular weight is 351 g/mol. The summed E-state index contributed by atoms with van der Waals surface area (Å²) in [5.41, 5.74) is 2.99. The molecule has 1 aliphatic heterocycles. The van der Waals surface area contributed by atoms with Crippen molar-refractivity contribution in [2.24, 2.45) is 0 Å². The zero-order valence-corrected chi connectivity index (χ0v) is 15.0. The van der Waals surface area contributed by atoms with E-state index in [1.165, 1.54) is 6.20 Å². The van der Waals surface area contributed by atoms with Gasteiger partial charge in [0.05, 0.1) is 16.6 Å². The number of fused-ring (bicyclic) bond motifs is 1. The van der Waals surface area contributed by atoms with E-state index in [2.05, 4.69) is 11.0 Å². The lowest BCUT2D eigenvalue weighted by Gasteiger charge is -2.26. The van der Waals surface area contributed by atoms with Crippen molar-refractivity contribution >= 4 is 22.6 Å². The summed E-state index contributed by atoms with van der Waals surface area (Å²) in [6.07, 6.45) is 5.50. The summed E-state index contributed by atoms with van der Waals surface area (Å²) in [7, 11) is 0. The van der Waals surface area contributed by atoms with Crippen molar-refractivity contribution in [2.45, 2.75) is 45.6 Å². The first-order valence-corrected chi connectivity index (χ1v) is 9.06. The van der Waals surface area contributed by atoms with E-state index in [1.54, 1.807) is 0 Å². The SMILES string of the molecule is Cc1c(N2CCCC2)c(C#N)c2c(c1C)c(=O)c(C(=O)O)cn2C1CC1. The van der Waals surface area contributed by atoms with E-state index in [1.807, 2.05) is 18.4 Å². The third-order valence-electron chi connectivity index (χ3n) is 5.71. The Hall–Kier alpha value is -2.81. The van der Waals surface area contributed by atoms with Gasteiger partial charge in [0.2, 0.25) is 5.43 Å². The molecule has 6 heteroatoms. The van der Waals surface area contributed by atoms with Crippen molar-refractivity contribution in [2.75, 3.05) is 18.0 Å². The molecule has 2 heterocycles. The topological polar surface area (TPSA) is 86.3 Å². The molecule has 2 aliphatic rings. The smallest absolute Gasteiger partial charge is 0.341 e. The van der Waals surface area contributed by atoms with Crippen LogP contribution in [-0.4, -0.2) is 28.7 Å². The maximum absolute atomic E-state index is 12.9. The molecule has 26 heavy (non-hydrogen) atoms. The first kappa shape index (κ1) is 16.6. The van der Waals surface area contributed by atoms with Crippen LogP contribution in [0.2, 0.25) is 0 Å². The summed E-state index contributed by atoms with van der Waals surface area (Å²) < 4.78 is 1.87. The van der Waals surface area contributed by atoms with Crippen LogP contribution < -0.4 is 10.3 Å². The number of rotatable bonds is 3. The number of carboxylic acid groups (broad SMARTS) is 1. The number of pyridine rings is 1. The minimum atomic E-state index is -1.22. The van der Waals surface area contributed by atoms with Crippen LogP contribution in [0.25, 0.3) is 10.9 Å². The highest BCUT2D eigenvalue weighted by Crippen LogP contribution is 2.42. The molecule has 0 amide bonds. The number of benzene rings is 1. The zero-order valence-electron chi connectivity index (χ0n) is 15.0. The fourth-order valence-corrected chi connectivity index (χ4v) is 4.14. The van der Waals surface area contributed by atoms with E-state index in [4.69, 9.17) is 0 Å². The van der Waals surface area contributed by atoms with Gasteiger partial charge in [-0.15, -0.1) is 0 Å². The zero-order chi connectivity index (χ0) is 18.6. The summed E-state index contributed by atoms with van der Waals surface area (Å²) in [4.78, 5) is 26.8. The fourth-order valence-electron chi connectivity index (χ4n) is 4.14. The Morgan fingerprint density at radius 3 is 2.42 bits per heavy atom. The maximum Gasteiger partial charge on any atom is 0.341 e. The Kier molecular flexibility index (Phi) is 3.76. The van der Waals surface area contributed by atoms with Crippen LogP contribution in [-0.2, 0) is 0 Å². The molecule has 1 N–H and O–H groups in total. The van der Waals surface area contributed by atoms with E-state index in [0.29, 0.717) is 16.5 Å². The number of carbonyl (C=O) groups is 1. The highest BCUT2D eigenvalue weighted by molar-refractivity contribution is 5.99. The maximum atomic E-state index is 12.9. The Bertz CT molecular complexity index is 1040. The van der Waals surface area contributed by atoms with E-state index < -0.39 is 11.4 Å². The standard InChI is InChI=1S/C20H21N3O3/c1-11-12(2)17(22-7-3-4-8-22)14(9-21)18-16(11)19(24)15(20(25)26)10-23(18)13-5-6-13/h10,13H,3-8H2,1-2H3,(H,25,26). The summed E-state index contributed by atoms with van der Waals surface area (Å²) in [6, 6.07) is 2.50. The second-order valence-electron chi connectivity index (χ2n) is 7.32. The molecule has 4 rings (SSSR count). The number of hydrogen-bond donors (Lipinski definition) is 1. The molecule has 0 bridgehead atoms. The molecule has 0 radical (unpaired) electrons. The van der Waals surface area contributed by atoms with Crippen LogP contribution in [0.4, 0.5) is 5.69 Å². The third kappa shape index (κ3) is 2.31. The molecular weight excluding hydrogens is 330 g/mol. The molecule has 2 fully saturated rings. The first-order valence-electron chi connectivity index (χ1n) is 9.06. The van der Waals surface area contributed by atoms with Crippen LogP contribution in [0, 0.1) is 25.2 Å². The quantitative estimate of drug-likeness (QED) is 0.918. The summed E-state index contributed by atoms with van der Waals surface area (Å²) >= 11 is 0. The third-order valence-corrected chi connectivity index (χ3v) is 5.71. The minimum absolute atomic E-state index is 0.164. The van der Waals surface area contributed by atoms with Gasteiger partial charge in [0.15, 0.2) is 0 Å². The van der Waals surface area contributed by atoms with Gasteiger partial charge in [-0.25, -0.2) is 4.79 Å². The molecule has 1 saturated carbocycles. The minimum Gasteiger partial charge on any atom is -0.477 e. The Balaban J connectivity index is 2.19. The number of nitrogens with zero attached hydrogens (tertiary/aromatic N) is 3. The monoisotopic (exact) mass is 351 g/mol. The predicted octanol–water partition coefficient (Wildman–Crippen LogP) is 3.12. The highest BCUT2D eigenvalue weighted by atomic mass is 16.4. The summed E-state index contributed by atoms with van der Waals surface area (Å²) in [5, 5.41) is 19.8. The van der Waals surface area contributed by atoms with E-state index in [0.717, 1.165) is 55.6 Å². The molecule has 1 aromatic carbocycles. The van der Waals surface area contributed by atoms with Gasteiger partial charge in [0, 0.05) is 25.3 Å². The van der Waals surface area contributed by atoms with Gasteiger partial charge in [-0.2, -0.15) is 5.26 Å². The first-order chi connectivity index (χ1) is 12.5. The highest BCUT2D eigenvalue weighted by Gasteiger charge is 2.31. The number of aromatic nitrogens is 1. The van der Waals surface area contributed by atoms with E-state index >= 15 is 0 Å². The summed E-state index contributed by atoms with van der Waals surface area (Å²) in [6.45, 7) is 5.60. The van der Waals surface area contributed by atoms with Crippen LogP contribution in [0.1, 0.15) is 58.8 Å². The lowest BCUT2D eigenvalue weighted by molar-refractivity contribution is 0.0695. The number of carboxylic acids is 1. The molecule has 134 valence electrons. The lowest BCUT2D eigenvalue weighted by atomic mass is 9.94. The Morgan fingerprint density at radius 2 is 1.88 bits per heavy atom. The largest absolute Gasteiger partial charge is 0.477 e. The molecule has 1 saturated heterocycles. The molecule has 0 spiro atoms. The van der Waals surface area contributed by atoms with E-state index in [-0.39, 0.29) is 11.6 Å². The number of aromatic carboxylic acids is 1. The van der Waals surface area contributed by atoms with Crippen molar-refractivity contribution in [3.63, 3.8) is 0 Å². The van der Waals surface area contributed by atoms with Gasteiger partial charge in [0.25, 0.3) is 0 Å². The number of anilines is 1. The average Bonchev–Trinajstić information content (AvgIpc) is 3.31. The molecular formula is C20H21N3O3. The van der Waals surface area contributed by atoms with Crippen molar-refractivity contribution in [1.82, 2.24) is 4.57 Å². The van der Waals surface area contributed by atoms with Crippen LogP contribution >= 0.6 is 0 Å². The van der Waals surface area contributed by atoms with Crippen molar-refractivity contribution in [3.8, 4) is 6.07 Å². The van der Waals surface area contributed by atoms with Crippen molar-refractivity contribution in [3.05, 3.63) is 38.7 Å². The second kappa shape index (κ2) is 5.87. The Morgan fingerprint density at radius 1 is 1.23 bits per heavy atom. The van der Waals surface area contributed by atoms with Gasteiger partial charge in [-0.1, -0.05) is 0 Å². The van der Waals surface area contributed by atoms with Gasteiger partial charge in [-0.3, -0.25) is 4.79 Å². The molecule has 1 aromatic heterocycles. The number of nitriles is 1. The van der Waals surface area contributed by atoms with E-state index in [9.17, 15) is 20.0 Å². The number of hydrogen-bond acceptors (Lipinski definition) is 4. The normalized spacial score (nSPS) is 16.9. The number of aryl methyl sites for hydroxylation is 1. The fraction of sp³-hybridized carbons (Fsp3) is 0.450. The Labute approximate surface area is 151 Å². The van der Waals surface area contributed by atoms with Crippen LogP contribution in [0.15, 0.2) is 11.0 Å². The van der Waals surface area contributed by atoms with Crippen molar-refractivity contribution in [1.29, 1.82) is 5.26 Å². The van der Waals surface area contributed by atoms with Gasteiger partial charge in [-0.05, 0) is 50.7 Å². The lowest BCUT2D eigenvalue weighted by Crippen LogP contribution is -2.24. The van der Waals surface area contributed by atoms with Crippen molar-refractivity contribution < 1.29 is 9.90 Å². The van der Waals surface area contributed by atoms with Gasteiger partial charge in [0.1, 0.15) is 17.2 Å². The van der Waals surface area contributed by atoms with Gasteiger partial charge < -0.3 is 14.6 Å². The second-order valence-corrected chi connectivity index (χ2v) is 7.32. The molecule has 2 aromatic rings. The molecule has 6 nitrogen and oxygen atoms in total. The predicted molar refractivity (Wildman–Crippen MR) is 99.1 cm³/mol. The van der Waals surface area contributed by atoms with Crippen LogP contribution in [0.3, 0.4) is 0 Å². The molecule has 1 aliphatic carbocycles. The molecule has 0 unspecified atom stereocenters.